The number of hydrogen-bond donors (Lipinski definition) is 1. The summed E-state index contributed by atoms with van der Waals surface area (Å²) in [6, 6.07) is 9.55. The zero-order valence-corrected chi connectivity index (χ0v) is 15.9. The van der Waals surface area contributed by atoms with Crippen LogP contribution >= 0.6 is 11.3 Å². The maximum atomic E-state index is 13.1. The van der Waals surface area contributed by atoms with Crippen LogP contribution < -0.4 is 5.32 Å². The van der Waals surface area contributed by atoms with Crippen molar-refractivity contribution in [2.75, 3.05) is 0 Å². The second-order valence-electron chi connectivity index (χ2n) is 7.13. The molecule has 1 atom stereocenters. The summed E-state index contributed by atoms with van der Waals surface area (Å²) >= 11 is 1.37. The van der Waals surface area contributed by atoms with Gasteiger partial charge in [0.15, 0.2) is 5.82 Å². The summed E-state index contributed by atoms with van der Waals surface area (Å²) in [5.74, 6) is 1.24. The van der Waals surface area contributed by atoms with E-state index in [0.29, 0.717) is 16.7 Å². The first-order valence-corrected chi connectivity index (χ1v) is 9.83. The Labute approximate surface area is 160 Å². The number of aromatic nitrogens is 2. The summed E-state index contributed by atoms with van der Waals surface area (Å²) in [4.78, 5) is 18.7. The van der Waals surface area contributed by atoms with Crippen molar-refractivity contribution >= 4 is 17.2 Å². The van der Waals surface area contributed by atoms with Gasteiger partial charge in [-0.3, -0.25) is 4.79 Å². The maximum absolute atomic E-state index is 13.1. The molecule has 1 aliphatic rings. The number of rotatable bonds is 6. The molecule has 0 saturated heterocycles. The summed E-state index contributed by atoms with van der Waals surface area (Å²) in [5, 5.41) is 7.06. The minimum absolute atomic E-state index is 0.109. The highest BCUT2D eigenvalue weighted by atomic mass is 32.1. The van der Waals surface area contributed by atoms with Gasteiger partial charge in [-0.05, 0) is 48.6 Å². The summed E-state index contributed by atoms with van der Waals surface area (Å²) in [7, 11) is 0. The molecule has 1 aromatic carbocycles. The molecule has 27 heavy (non-hydrogen) atoms. The Morgan fingerprint density at radius 2 is 1.96 bits per heavy atom. The third-order valence-electron chi connectivity index (χ3n) is 4.58. The van der Waals surface area contributed by atoms with Gasteiger partial charge in [0.25, 0.3) is 5.91 Å². The number of nitrogens with zero attached hydrogens (tertiary/aromatic N) is 2. The zero-order chi connectivity index (χ0) is 19.0. The number of thiophene rings is 1. The predicted octanol–water partition coefficient (Wildman–Crippen LogP) is 4.94. The van der Waals surface area contributed by atoms with E-state index < -0.39 is 0 Å². The largest absolute Gasteiger partial charge is 0.339 e. The Balaban J connectivity index is 1.50. The van der Waals surface area contributed by atoms with Crippen LogP contribution in [0.4, 0.5) is 4.39 Å². The van der Waals surface area contributed by atoms with E-state index in [1.54, 1.807) is 18.2 Å². The molecule has 1 fully saturated rings. The summed E-state index contributed by atoms with van der Waals surface area (Å²) in [6.07, 6.45) is 2.19. The standard InChI is InChI=1S/C20H20FN3O2S/c1-11(2)17(20-23-18(24-26-20)13-3-4-13)22-19(25)16-10-9-15(27-16)12-5-7-14(21)8-6-12/h5-11,13,17H,3-4H2,1-2H3,(H,22,25). The van der Waals surface area contributed by atoms with E-state index in [0.717, 1.165) is 29.1 Å². The van der Waals surface area contributed by atoms with Crippen molar-refractivity contribution in [1.82, 2.24) is 15.5 Å². The average Bonchev–Trinajstić information content (AvgIpc) is 3.18. The van der Waals surface area contributed by atoms with Gasteiger partial charge in [-0.25, -0.2) is 4.39 Å². The van der Waals surface area contributed by atoms with Crippen molar-refractivity contribution in [2.24, 2.45) is 5.92 Å². The molecular formula is C20H20FN3O2S. The molecule has 1 amide bonds. The molecule has 0 bridgehead atoms. The normalized spacial score (nSPS) is 15.1. The zero-order valence-electron chi connectivity index (χ0n) is 15.1. The molecule has 2 aromatic heterocycles. The van der Waals surface area contributed by atoms with Gasteiger partial charge in [0, 0.05) is 10.8 Å². The van der Waals surface area contributed by atoms with Crippen molar-refractivity contribution in [2.45, 2.75) is 38.6 Å². The molecule has 5 nitrogen and oxygen atoms in total. The van der Waals surface area contributed by atoms with Gasteiger partial charge < -0.3 is 9.84 Å². The molecule has 140 valence electrons. The van der Waals surface area contributed by atoms with Gasteiger partial charge in [0.2, 0.25) is 5.89 Å². The molecular weight excluding hydrogens is 365 g/mol. The van der Waals surface area contributed by atoms with Crippen LogP contribution in [-0.4, -0.2) is 16.0 Å². The van der Waals surface area contributed by atoms with Crippen LogP contribution in [-0.2, 0) is 0 Å². The lowest BCUT2D eigenvalue weighted by Gasteiger charge is -2.18. The van der Waals surface area contributed by atoms with Crippen LogP contribution in [0.1, 0.15) is 60.0 Å². The molecule has 2 heterocycles. The van der Waals surface area contributed by atoms with Gasteiger partial charge in [-0.15, -0.1) is 11.3 Å². The first-order valence-electron chi connectivity index (χ1n) is 9.01. The molecule has 0 spiro atoms. The molecule has 1 N–H and O–H groups in total. The summed E-state index contributed by atoms with van der Waals surface area (Å²) in [5.41, 5.74) is 0.881. The molecule has 1 aliphatic carbocycles. The van der Waals surface area contributed by atoms with Gasteiger partial charge >= 0.3 is 0 Å². The number of amides is 1. The lowest BCUT2D eigenvalue weighted by Crippen LogP contribution is -2.31. The van der Waals surface area contributed by atoms with E-state index in [-0.39, 0.29) is 23.7 Å². The molecule has 0 aliphatic heterocycles. The number of benzene rings is 1. The van der Waals surface area contributed by atoms with Gasteiger partial charge in [-0.2, -0.15) is 4.98 Å². The third-order valence-corrected chi connectivity index (χ3v) is 5.71. The van der Waals surface area contributed by atoms with Gasteiger partial charge in [0.1, 0.15) is 11.9 Å². The molecule has 1 saturated carbocycles. The number of carbonyl (C=O) groups is 1. The van der Waals surface area contributed by atoms with E-state index >= 15 is 0 Å². The van der Waals surface area contributed by atoms with Gasteiger partial charge in [0.05, 0.1) is 4.88 Å². The minimum Gasteiger partial charge on any atom is -0.339 e. The number of carbonyl (C=O) groups excluding carboxylic acids is 1. The first-order chi connectivity index (χ1) is 13.0. The van der Waals surface area contributed by atoms with Crippen LogP contribution in [0.2, 0.25) is 0 Å². The maximum Gasteiger partial charge on any atom is 0.262 e. The van der Waals surface area contributed by atoms with E-state index in [9.17, 15) is 9.18 Å². The average molecular weight is 385 g/mol. The molecule has 7 heteroatoms. The van der Waals surface area contributed by atoms with Crippen molar-refractivity contribution in [1.29, 1.82) is 0 Å². The summed E-state index contributed by atoms with van der Waals surface area (Å²) < 4.78 is 18.5. The fourth-order valence-corrected chi connectivity index (χ4v) is 3.75. The highest BCUT2D eigenvalue weighted by molar-refractivity contribution is 7.17. The Hall–Kier alpha value is -2.54. The fourth-order valence-electron chi connectivity index (χ4n) is 2.84. The summed E-state index contributed by atoms with van der Waals surface area (Å²) in [6.45, 7) is 4.01. The van der Waals surface area contributed by atoms with E-state index in [2.05, 4.69) is 15.5 Å². The first kappa shape index (κ1) is 17.9. The molecule has 1 unspecified atom stereocenters. The Bertz CT molecular complexity index is 944. The van der Waals surface area contributed by atoms with Gasteiger partial charge in [-0.1, -0.05) is 31.1 Å². The highest BCUT2D eigenvalue weighted by Crippen LogP contribution is 2.38. The Kier molecular flexibility index (Phi) is 4.78. The van der Waals surface area contributed by atoms with Crippen molar-refractivity contribution in [3.63, 3.8) is 0 Å². The van der Waals surface area contributed by atoms with E-state index in [1.807, 2.05) is 19.9 Å². The third kappa shape index (κ3) is 3.93. The molecule has 0 radical (unpaired) electrons. The number of halogens is 1. The monoisotopic (exact) mass is 385 g/mol. The predicted molar refractivity (Wildman–Crippen MR) is 101 cm³/mol. The van der Waals surface area contributed by atoms with Crippen molar-refractivity contribution < 1.29 is 13.7 Å². The SMILES string of the molecule is CC(C)C(NC(=O)c1ccc(-c2ccc(F)cc2)s1)c1nc(C2CC2)no1. The van der Waals surface area contributed by atoms with E-state index in [4.69, 9.17) is 4.52 Å². The van der Waals surface area contributed by atoms with Crippen LogP contribution in [0.25, 0.3) is 10.4 Å². The number of hydrogen-bond acceptors (Lipinski definition) is 5. The lowest BCUT2D eigenvalue weighted by molar-refractivity contribution is 0.0918. The second-order valence-corrected chi connectivity index (χ2v) is 8.21. The smallest absolute Gasteiger partial charge is 0.262 e. The van der Waals surface area contributed by atoms with Crippen molar-refractivity contribution in [3.05, 3.63) is 58.8 Å². The molecule has 4 rings (SSSR count). The van der Waals surface area contributed by atoms with E-state index in [1.165, 1.54) is 23.5 Å². The highest BCUT2D eigenvalue weighted by Gasteiger charge is 2.31. The lowest BCUT2D eigenvalue weighted by atomic mass is 10.0. The number of nitrogens with one attached hydrogen (secondary N) is 1. The molecule has 3 aromatic rings. The minimum atomic E-state index is -0.339. The van der Waals surface area contributed by atoms with Crippen molar-refractivity contribution in [3.8, 4) is 10.4 Å². The Morgan fingerprint density at radius 3 is 2.63 bits per heavy atom. The second kappa shape index (κ2) is 7.23. The van der Waals surface area contributed by atoms with Crippen LogP contribution in [0, 0.1) is 11.7 Å². The fraction of sp³-hybridized carbons (Fsp3) is 0.350. The van der Waals surface area contributed by atoms with Crippen LogP contribution in [0.5, 0.6) is 0 Å². The Morgan fingerprint density at radius 1 is 1.22 bits per heavy atom. The van der Waals surface area contributed by atoms with Crippen LogP contribution in [0.3, 0.4) is 0 Å². The van der Waals surface area contributed by atoms with Crippen LogP contribution in [0.15, 0.2) is 40.9 Å². The quantitative estimate of drug-likeness (QED) is 0.652. The topological polar surface area (TPSA) is 68.0 Å².